The maximum atomic E-state index is 6.23. The molecule has 0 amide bonds. The number of terminal acetylenes is 1. The number of nitrogens with one attached hydrogen (secondary N) is 1. The molecule has 120 valence electrons. The highest BCUT2D eigenvalue weighted by molar-refractivity contribution is 6.36. The lowest BCUT2D eigenvalue weighted by atomic mass is 10.0. The van der Waals surface area contributed by atoms with Crippen molar-refractivity contribution in [3.8, 4) is 18.1 Å². The fourth-order valence-electron chi connectivity index (χ4n) is 2.57. The third-order valence-corrected chi connectivity index (χ3v) is 4.24. The van der Waals surface area contributed by atoms with Gasteiger partial charge in [0.05, 0.1) is 10.7 Å². The summed E-state index contributed by atoms with van der Waals surface area (Å²) in [6.07, 6.45) is 5.32. The van der Waals surface area contributed by atoms with Crippen molar-refractivity contribution in [3.63, 3.8) is 0 Å². The van der Waals surface area contributed by atoms with Gasteiger partial charge in [0.15, 0.2) is 0 Å². The molecule has 24 heavy (non-hydrogen) atoms. The van der Waals surface area contributed by atoms with E-state index in [1.165, 1.54) is 0 Å². The number of hydrogen-bond donors (Lipinski definition) is 1. The second kappa shape index (κ2) is 7.49. The lowest BCUT2D eigenvalue weighted by molar-refractivity contribution is 0.367. The van der Waals surface area contributed by atoms with Crippen LogP contribution in [0.2, 0.25) is 10.0 Å². The molecule has 3 aromatic rings. The molecule has 0 atom stereocenters. The molecule has 0 spiro atoms. The first kappa shape index (κ1) is 16.5. The zero-order valence-corrected chi connectivity index (χ0v) is 14.4. The summed E-state index contributed by atoms with van der Waals surface area (Å²) in [4.78, 5) is 0. The van der Waals surface area contributed by atoms with Crippen LogP contribution in [0, 0.1) is 12.3 Å². The van der Waals surface area contributed by atoms with E-state index in [2.05, 4.69) is 23.4 Å². The number of ether oxygens (including phenoxy) is 1. The van der Waals surface area contributed by atoms with Crippen molar-refractivity contribution in [1.29, 1.82) is 0 Å². The number of hydrogen-bond acceptors (Lipinski definition) is 2. The van der Waals surface area contributed by atoms with E-state index in [-0.39, 0.29) is 6.61 Å². The van der Waals surface area contributed by atoms with Crippen LogP contribution in [0.4, 0.5) is 5.69 Å². The molecule has 0 heterocycles. The highest BCUT2D eigenvalue weighted by atomic mass is 35.5. The van der Waals surface area contributed by atoms with Gasteiger partial charge in [-0.15, -0.1) is 6.42 Å². The smallest absolute Gasteiger partial charge is 0.148 e. The molecule has 0 bridgehead atoms. The average Bonchev–Trinajstić information content (AvgIpc) is 2.59. The monoisotopic (exact) mass is 355 g/mol. The lowest BCUT2D eigenvalue weighted by Crippen LogP contribution is -2.05. The minimum atomic E-state index is 0.229. The van der Waals surface area contributed by atoms with Gasteiger partial charge in [-0.05, 0) is 35.0 Å². The van der Waals surface area contributed by atoms with Gasteiger partial charge < -0.3 is 10.1 Å². The predicted molar refractivity (Wildman–Crippen MR) is 102 cm³/mol. The minimum Gasteiger partial charge on any atom is -0.481 e. The maximum Gasteiger partial charge on any atom is 0.148 e. The van der Waals surface area contributed by atoms with Gasteiger partial charge in [-0.2, -0.15) is 0 Å². The molecule has 0 aliphatic carbocycles. The minimum absolute atomic E-state index is 0.229. The Balaban J connectivity index is 1.95. The molecule has 3 aromatic carbocycles. The van der Waals surface area contributed by atoms with E-state index < -0.39 is 0 Å². The summed E-state index contributed by atoms with van der Waals surface area (Å²) in [7, 11) is 0. The zero-order chi connectivity index (χ0) is 16.9. The molecule has 0 saturated heterocycles. The van der Waals surface area contributed by atoms with Crippen LogP contribution >= 0.6 is 23.2 Å². The van der Waals surface area contributed by atoms with Crippen molar-refractivity contribution in [2.24, 2.45) is 0 Å². The molecule has 0 aromatic heterocycles. The second-order valence-corrected chi connectivity index (χ2v) is 6.08. The first-order valence-electron chi connectivity index (χ1n) is 7.45. The number of anilines is 1. The van der Waals surface area contributed by atoms with Gasteiger partial charge in [-0.3, -0.25) is 0 Å². The van der Waals surface area contributed by atoms with Gasteiger partial charge in [-0.1, -0.05) is 59.5 Å². The number of fused-ring (bicyclic) bond motifs is 1. The molecule has 1 N–H and O–H groups in total. The van der Waals surface area contributed by atoms with Gasteiger partial charge in [0, 0.05) is 17.1 Å². The topological polar surface area (TPSA) is 21.3 Å². The molecule has 0 unspecified atom stereocenters. The van der Waals surface area contributed by atoms with Crippen molar-refractivity contribution in [2.45, 2.75) is 6.54 Å². The number of halogens is 2. The third kappa shape index (κ3) is 3.59. The normalized spacial score (nSPS) is 10.4. The van der Waals surface area contributed by atoms with E-state index in [0.29, 0.717) is 16.6 Å². The van der Waals surface area contributed by atoms with Crippen molar-refractivity contribution in [3.05, 3.63) is 70.2 Å². The standard InChI is InChI=1S/C20H15Cl2NO/c1-2-11-24-20-10-7-14-5-3-4-6-16(14)17(20)13-23-19-9-8-15(21)12-18(19)22/h1,3-10,12,23H,11,13H2. The van der Waals surface area contributed by atoms with Crippen molar-refractivity contribution >= 4 is 39.7 Å². The van der Waals surface area contributed by atoms with E-state index >= 15 is 0 Å². The van der Waals surface area contributed by atoms with Gasteiger partial charge in [0.1, 0.15) is 12.4 Å². The molecule has 0 aliphatic rings. The summed E-state index contributed by atoms with van der Waals surface area (Å²) in [5.74, 6) is 3.27. The first-order chi connectivity index (χ1) is 11.7. The molecular formula is C20H15Cl2NO. The molecule has 2 nitrogen and oxygen atoms in total. The van der Waals surface area contributed by atoms with Gasteiger partial charge in [0.2, 0.25) is 0 Å². The average molecular weight is 356 g/mol. The van der Waals surface area contributed by atoms with E-state index in [9.17, 15) is 0 Å². The van der Waals surface area contributed by atoms with E-state index in [0.717, 1.165) is 27.8 Å². The van der Waals surface area contributed by atoms with Crippen LogP contribution in [0.15, 0.2) is 54.6 Å². The largest absolute Gasteiger partial charge is 0.481 e. The second-order valence-electron chi connectivity index (χ2n) is 5.23. The quantitative estimate of drug-likeness (QED) is 0.586. The first-order valence-corrected chi connectivity index (χ1v) is 8.20. The van der Waals surface area contributed by atoms with Crippen LogP contribution in [0.1, 0.15) is 5.56 Å². The molecule has 3 rings (SSSR count). The Morgan fingerprint density at radius 3 is 2.67 bits per heavy atom. The Labute approximate surface area is 151 Å². The Morgan fingerprint density at radius 1 is 1.04 bits per heavy atom. The summed E-state index contributed by atoms with van der Waals surface area (Å²) in [5, 5.41) is 6.78. The summed E-state index contributed by atoms with van der Waals surface area (Å²) in [6, 6.07) is 17.5. The highest BCUT2D eigenvalue weighted by Gasteiger charge is 2.10. The van der Waals surface area contributed by atoms with Gasteiger partial charge >= 0.3 is 0 Å². The Kier molecular flexibility index (Phi) is 5.15. The highest BCUT2D eigenvalue weighted by Crippen LogP contribution is 2.31. The Bertz CT molecular complexity index is 915. The van der Waals surface area contributed by atoms with Crippen molar-refractivity contribution in [2.75, 3.05) is 11.9 Å². The van der Waals surface area contributed by atoms with Crippen LogP contribution in [0.3, 0.4) is 0 Å². The molecular weight excluding hydrogens is 341 g/mol. The Hall–Kier alpha value is -2.34. The van der Waals surface area contributed by atoms with E-state index in [1.807, 2.05) is 30.3 Å². The van der Waals surface area contributed by atoms with Crippen molar-refractivity contribution < 1.29 is 4.74 Å². The number of rotatable bonds is 5. The predicted octanol–water partition coefficient (Wildman–Crippen LogP) is 5.77. The summed E-state index contributed by atoms with van der Waals surface area (Å²) >= 11 is 12.2. The van der Waals surface area contributed by atoms with E-state index in [4.69, 9.17) is 34.4 Å². The number of benzene rings is 3. The molecule has 4 heteroatoms. The molecule has 0 saturated carbocycles. The van der Waals surface area contributed by atoms with Crippen LogP contribution in [0.25, 0.3) is 10.8 Å². The van der Waals surface area contributed by atoms with Crippen LogP contribution in [-0.4, -0.2) is 6.61 Å². The fraction of sp³-hybridized carbons (Fsp3) is 0.100. The third-order valence-electron chi connectivity index (χ3n) is 3.70. The van der Waals surface area contributed by atoms with Crippen LogP contribution in [0.5, 0.6) is 5.75 Å². The summed E-state index contributed by atoms with van der Waals surface area (Å²) in [6.45, 7) is 0.787. The van der Waals surface area contributed by atoms with Crippen LogP contribution in [-0.2, 0) is 6.54 Å². The van der Waals surface area contributed by atoms with E-state index in [1.54, 1.807) is 12.1 Å². The molecule has 0 aliphatic heterocycles. The maximum absolute atomic E-state index is 6.23. The molecule has 0 fully saturated rings. The van der Waals surface area contributed by atoms with Gasteiger partial charge in [0.25, 0.3) is 0 Å². The molecule has 0 radical (unpaired) electrons. The lowest BCUT2D eigenvalue weighted by Gasteiger charge is -2.15. The fourth-order valence-corrected chi connectivity index (χ4v) is 3.04. The summed E-state index contributed by atoms with van der Waals surface area (Å²) in [5.41, 5.74) is 1.85. The van der Waals surface area contributed by atoms with Gasteiger partial charge in [-0.25, -0.2) is 0 Å². The van der Waals surface area contributed by atoms with Crippen LogP contribution < -0.4 is 10.1 Å². The Morgan fingerprint density at radius 2 is 1.88 bits per heavy atom. The van der Waals surface area contributed by atoms with Crippen molar-refractivity contribution in [1.82, 2.24) is 0 Å². The summed E-state index contributed by atoms with van der Waals surface area (Å²) < 4.78 is 5.70. The zero-order valence-electron chi connectivity index (χ0n) is 12.9. The SMILES string of the molecule is C#CCOc1ccc2ccccc2c1CNc1ccc(Cl)cc1Cl.